The van der Waals surface area contributed by atoms with Crippen molar-refractivity contribution < 1.29 is 4.74 Å². The molecule has 6 heteroatoms. The molecule has 0 fully saturated rings. The molecule has 0 spiro atoms. The van der Waals surface area contributed by atoms with Gasteiger partial charge in [0.1, 0.15) is 11.6 Å². The fourth-order valence-corrected chi connectivity index (χ4v) is 3.67. The minimum absolute atomic E-state index is 0.133. The van der Waals surface area contributed by atoms with Gasteiger partial charge in [-0.1, -0.05) is 36.9 Å². The molecule has 1 aromatic heterocycles. The van der Waals surface area contributed by atoms with Gasteiger partial charge in [0.15, 0.2) is 4.34 Å². The fraction of sp³-hybridized carbons (Fsp3) is 0.385. The Morgan fingerprint density at radius 1 is 1.42 bits per heavy atom. The molecule has 0 radical (unpaired) electrons. The highest BCUT2D eigenvalue weighted by molar-refractivity contribution is 8.01. The zero-order chi connectivity index (χ0) is 13.7. The normalized spacial score (nSPS) is 12.4. The van der Waals surface area contributed by atoms with Crippen LogP contribution >= 0.6 is 23.3 Å². The van der Waals surface area contributed by atoms with Gasteiger partial charge in [-0.15, -0.1) is 0 Å². The molecule has 0 saturated carbocycles. The lowest BCUT2D eigenvalue weighted by Gasteiger charge is -2.16. The minimum Gasteiger partial charge on any atom is -0.496 e. The SMILES string of the molecule is CCc1nsc(SC(CN)c2ccccc2OC)n1. The van der Waals surface area contributed by atoms with Crippen molar-refractivity contribution in [1.82, 2.24) is 9.36 Å². The molecule has 2 rings (SSSR count). The van der Waals surface area contributed by atoms with E-state index in [2.05, 4.69) is 16.3 Å². The third-order valence-corrected chi connectivity index (χ3v) is 4.79. The Morgan fingerprint density at radius 3 is 2.84 bits per heavy atom. The average Bonchev–Trinajstić information content (AvgIpc) is 2.92. The van der Waals surface area contributed by atoms with Crippen molar-refractivity contribution in [2.45, 2.75) is 22.9 Å². The number of aromatic nitrogens is 2. The van der Waals surface area contributed by atoms with E-state index in [-0.39, 0.29) is 5.25 Å². The Labute approximate surface area is 121 Å². The van der Waals surface area contributed by atoms with Gasteiger partial charge in [0.05, 0.1) is 12.4 Å². The van der Waals surface area contributed by atoms with Crippen LogP contribution < -0.4 is 10.5 Å². The third-order valence-electron chi connectivity index (χ3n) is 2.71. The van der Waals surface area contributed by atoms with E-state index < -0.39 is 0 Å². The Balaban J connectivity index is 2.19. The van der Waals surface area contributed by atoms with Crippen molar-refractivity contribution in [2.24, 2.45) is 5.73 Å². The molecule has 0 amide bonds. The number of para-hydroxylation sites is 1. The fourth-order valence-electron chi connectivity index (χ4n) is 1.72. The van der Waals surface area contributed by atoms with Gasteiger partial charge >= 0.3 is 0 Å². The van der Waals surface area contributed by atoms with Crippen LogP contribution in [-0.4, -0.2) is 23.0 Å². The van der Waals surface area contributed by atoms with Crippen LogP contribution in [0, 0.1) is 0 Å². The van der Waals surface area contributed by atoms with Crippen molar-refractivity contribution in [3.63, 3.8) is 0 Å². The summed E-state index contributed by atoms with van der Waals surface area (Å²) in [5.41, 5.74) is 7.00. The van der Waals surface area contributed by atoms with Gasteiger partial charge in [-0.25, -0.2) is 4.98 Å². The summed E-state index contributed by atoms with van der Waals surface area (Å²) in [5, 5.41) is 0.133. The zero-order valence-electron chi connectivity index (χ0n) is 11.0. The molecular formula is C13H17N3OS2. The van der Waals surface area contributed by atoms with Crippen LogP contribution in [0.5, 0.6) is 5.75 Å². The molecule has 0 aliphatic carbocycles. The quantitative estimate of drug-likeness (QED) is 0.830. The van der Waals surface area contributed by atoms with Crippen LogP contribution in [0.4, 0.5) is 0 Å². The lowest BCUT2D eigenvalue weighted by Crippen LogP contribution is -2.10. The highest BCUT2D eigenvalue weighted by Gasteiger charge is 2.17. The number of benzene rings is 1. The van der Waals surface area contributed by atoms with E-state index in [1.807, 2.05) is 24.3 Å². The van der Waals surface area contributed by atoms with Gasteiger partial charge in [0.2, 0.25) is 0 Å². The van der Waals surface area contributed by atoms with E-state index in [4.69, 9.17) is 10.5 Å². The van der Waals surface area contributed by atoms with Gasteiger partial charge in [-0.05, 0) is 17.6 Å². The summed E-state index contributed by atoms with van der Waals surface area (Å²) in [4.78, 5) is 4.47. The first-order valence-corrected chi connectivity index (χ1v) is 7.76. The van der Waals surface area contributed by atoms with E-state index in [1.165, 1.54) is 11.5 Å². The lowest BCUT2D eigenvalue weighted by atomic mass is 10.1. The van der Waals surface area contributed by atoms with Crippen LogP contribution in [0.3, 0.4) is 0 Å². The van der Waals surface area contributed by atoms with Gasteiger partial charge in [-0.2, -0.15) is 4.37 Å². The number of rotatable bonds is 6. The molecule has 2 aromatic rings. The molecule has 1 unspecified atom stereocenters. The van der Waals surface area contributed by atoms with E-state index in [1.54, 1.807) is 18.9 Å². The highest BCUT2D eigenvalue weighted by Crippen LogP contribution is 2.39. The number of ether oxygens (including phenoxy) is 1. The van der Waals surface area contributed by atoms with Gasteiger partial charge < -0.3 is 10.5 Å². The standard InChI is InChI=1S/C13H17N3OS2/c1-3-12-15-13(19-16-12)18-11(8-14)9-6-4-5-7-10(9)17-2/h4-7,11H,3,8,14H2,1-2H3. The third kappa shape index (κ3) is 3.46. The van der Waals surface area contributed by atoms with Crippen molar-refractivity contribution in [1.29, 1.82) is 0 Å². The Bertz CT molecular complexity index is 530. The van der Waals surface area contributed by atoms with Gasteiger partial charge in [-0.3, -0.25) is 0 Å². The molecule has 2 N–H and O–H groups in total. The first kappa shape index (κ1) is 14.3. The number of methoxy groups -OCH3 is 1. The molecule has 0 aliphatic rings. The van der Waals surface area contributed by atoms with Crippen molar-refractivity contribution in [3.05, 3.63) is 35.7 Å². The zero-order valence-corrected chi connectivity index (χ0v) is 12.6. The second-order valence-electron chi connectivity index (χ2n) is 3.91. The smallest absolute Gasteiger partial charge is 0.170 e. The molecule has 1 aromatic carbocycles. The molecule has 1 atom stereocenters. The maximum Gasteiger partial charge on any atom is 0.170 e. The average molecular weight is 295 g/mol. The summed E-state index contributed by atoms with van der Waals surface area (Å²) >= 11 is 3.08. The minimum atomic E-state index is 0.133. The molecule has 19 heavy (non-hydrogen) atoms. The Kier molecular flexibility index (Phi) is 5.18. The van der Waals surface area contributed by atoms with Crippen molar-refractivity contribution in [2.75, 3.05) is 13.7 Å². The molecular weight excluding hydrogens is 278 g/mol. The number of nitrogens with two attached hydrogens (primary N) is 1. The first-order valence-electron chi connectivity index (χ1n) is 6.10. The van der Waals surface area contributed by atoms with Crippen LogP contribution in [0.15, 0.2) is 28.6 Å². The first-order chi connectivity index (χ1) is 9.28. The van der Waals surface area contributed by atoms with E-state index in [9.17, 15) is 0 Å². The van der Waals surface area contributed by atoms with Crippen LogP contribution in [-0.2, 0) is 6.42 Å². The van der Waals surface area contributed by atoms with Crippen molar-refractivity contribution >= 4 is 23.3 Å². The number of nitrogens with zero attached hydrogens (tertiary/aromatic N) is 2. The predicted molar refractivity (Wildman–Crippen MR) is 79.9 cm³/mol. The summed E-state index contributed by atoms with van der Waals surface area (Å²) in [5.74, 6) is 1.76. The number of hydrogen-bond donors (Lipinski definition) is 1. The summed E-state index contributed by atoms with van der Waals surface area (Å²) in [6.07, 6.45) is 0.860. The maximum absolute atomic E-state index is 5.90. The van der Waals surface area contributed by atoms with Crippen LogP contribution in [0.25, 0.3) is 0 Å². The molecule has 0 bridgehead atoms. The molecule has 0 aliphatic heterocycles. The van der Waals surface area contributed by atoms with Crippen molar-refractivity contribution in [3.8, 4) is 5.75 Å². The van der Waals surface area contributed by atoms with Gasteiger partial charge in [0.25, 0.3) is 0 Å². The van der Waals surface area contributed by atoms with Gasteiger partial charge in [0, 0.05) is 18.5 Å². The second-order valence-corrected chi connectivity index (χ2v) is 6.12. The number of thioether (sulfide) groups is 1. The topological polar surface area (TPSA) is 61.0 Å². The molecule has 1 heterocycles. The molecule has 102 valence electrons. The number of hydrogen-bond acceptors (Lipinski definition) is 6. The van der Waals surface area contributed by atoms with E-state index in [0.717, 1.165) is 27.9 Å². The Morgan fingerprint density at radius 2 is 2.21 bits per heavy atom. The lowest BCUT2D eigenvalue weighted by molar-refractivity contribution is 0.409. The summed E-state index contributed by atoms with van der Waals surface area (Å²) in [7, 11) is 1.68. The van der Waals surface area contributed by atoms with Crippen LogP contribution in [0.1, 0.15) is 23.6 Å². The molecule has 4 nitrogen and oxygen atoms in total. The van der Waals surface area contributed by atoms with Crippen LogP contribution in [0.2, 0.25) is 0 Å². The monoisotopic (exact) mass is 295 g/mol. The van der Waals surface area contributed by atoms with E-state index in [0.29, 0.717) is 6.54 Å². The highest BCUT2D eigenvalue weighted by atomic mass is 32.2. The molecule has 0 saturated heterocycles. The van der Waals surface area contributed by atoms with E-state index >= 15 is 0 Å². The summed E-state index contributed by atoms with van der Waals surface area (Å²) in [6.45, 7) is 2.59. The summed E-state index contributed by atoms with van der Waals surface area (Å²) in [6, 6.07) is 7.96. The maximum atomic E-state index is 5.90. The second kappa shape index (κ2) is 6.88. The largest absolute Gasteiger partial charge is 0.496 e. The summed E-state index contributed by atoms with van der Waals surface area (Å²) < 4.78 is 10.6. The Hall–Kier alpha value is -1.11. The number of aryl methyl sites for hydroxylation is 1. The predicted octanol–water partition coefficient (Wildman–Crippen LogP) is 2.90.